The third-order valence-electron chi connectivity index (χ3n) is 3.81. The van der Waals surface area contributed by atoms with E-state index >= 15 is 0 Å². The Labute approximate surface area is 152 Å². The van der Waals surface area contributed by atoms with E-state index in [4.69, 9.17) is 15.2 Å². The smallest absolute Gasteiger partial charge is 0.252 e. The Balaban J connectivity index is 2.39. The summed E-state index contributed by atoms with van der Waals surface area (Å²) in [6.07, 6.45) is 3.63. The lowest BCUT2D eigenvalue weighted by Gasteiger charge is -2.17. The van der Waals surface area contributed by atoms with Gasteiger partial charge in [0.15, 0.2) is 11.5 Å². The number of allylic oxidation sites excluding steroid dienone is 1. The van der Waals surface area contributed by atoms with Crippen molar-refractivity contribution < 1.29 is 19.1 Å². The summed E-state index contributed by atoms with van der Waals surface area (Å²) in [5, 5.41) is 2.67. The van der Waals surface area contributed by atoms with Crippen molar-refractivity contribution in [1.82, 2.24) is 5.32 Å². The number of primary amides is 1. The van der Waals surface area contributed by atoms with Crippen LogP contribution in [0.1, 0.15) is 34.5 Å². The third-order valence-corrected chi connectivity index (χ3v) is 3.81. The lowest BCUT2D eigenvalue weighted by atomic mass is 10.0. The second-order valence-electron chi connectivity index (χ2n) is 5.52. The SMILES string of the molecule is C/C=C/c1cc(C(=O)N[C@H](C(N)=O)c2ccccc2)cc(OC)c1OC. The maximum absolute atomic E-state index is 12.7. The molecule has 0 radical (unpaired) electrons. The summed E-state index contributed by atoms with van der Waals surface area (Å²) in [6.45, 7) is 1.86. The van der Waals surface area contributed by atoms with Crippen molar-refractivity contribution in [3.63, 3.8) is 0 Å². The van der Waals surface area contributed by atoms with Crippen molar-refractivity contribution in [1.29, 1.82) is 0 Å². The molecule has 136 valence electrons. The summed E-state index contributed by atoms with van der Waals surface area (Å²) < 4.78 is 10.7. The number of hydrogen-bond donors (Lipinski definition) is 2. The van der Waals surface area contributed by atoms with Gasteiger partial charge in [-0.1, -0.05) is 42.5 Å². The van der Waals surface area contributed by atoms with Gasteiger partial charge in [-0.05, 0) is 24.6 Å². The summed E-state index contributed by atoms with van der Waals surface area (Å²) in [5.41, 5.74) is 7.10. The quantitative estimate of drug-likeness (QED) is 0.800. The number of nitrogens with two attached hydrogens (primary N) is 1. The van der Waals surface area contributed by atoms with Gasteiger partial charge in [0.1, 0.15) is 6.04 Å². The summed E-state index contributed by atoms with van der Waals surface area (Å²) in [6, 6.07) is 11.1. The zero-order valence-corrected chi connectivity index (χ0v) is 15.0. The average Bonchev–Trinajstić information content (AvgIpc) is 2.65. The molecule has 0 fully saturated rings. The first-order chi connectivity index (χ1) is 12.5. The highest BCUT2D eigenvalue weighted by Gasteiger charge is 2.22. The molecule has 0 heterocycles. The largest absolute Gasteiger partial charge is 0.493 e. The molecule has 3 N–H and O–H groups in total. The number of amides is 2. The van der Waals surface area contributed by atoms with E-state index in [-0.39, 0.29) is 0 Å². The molecule has 0 saturated carbocycles. The molecular formula is C20H22N2O4. The zero-order valence-electron chi connectivity index (χ0n) is 15.0. The molecule has 0 aromatic heterocycles. The molecule has 0 aliphatic heterocycles. The highest BCUT2D eigenvalue weighted by molar-refractivity contribution is 5.98. The Hall–Kier alpha value is -3.28. The minimum Gasteiger partial charge on any atom is -0.493 e. The molecule has 0 unspecified atom stereocenters. The first-order valence-corrected chi connectivity index (χ1v) is 8.05. The van der Waals surface area contributed by atoms with E-state index in [9.17, 15) is 9.59 Å². The number of carbonyl (C=O) groups excluding carboxylic acids is 2. The van der Waals surface area contributed by atoms with Crippen molar-refractivity contribution in [2.45, 2.75) is 13.0 Å². The molecule has 2 aromatic rings. The van der Waals surface area contributed by atoms with E-state index in [2.05, 4.69) is 5.32 Å². The molecule has 6 heteroatoms. The van der Waals surface area contributed by atoms with Crippen LogP contribution in [0.15, 0.2) is 48.5 Å². The highest BCUT2D eigenvalue weighted by Crippen LogP contribution is 2.33. The number of methoxy groups -OCH3 is 2. The predicted octanol–water partition coefficient (Wildman–Crippen LogP) is 2.69. The first kappa shape index (κ1) is 19.1. The molecule has 2 rings (SSSR count). The molecule has 0 saturated heterocycles. The van der Waals surface area contributed by atoms with Gasteiger partial charge in [-0.15, -0.1) is 0 Å². The minimum atomic E-state index is -0.929. The van der Waals surface area contributed by atoms with Crippen LogP contribution in [0.3, 0.4) is 0 Å². The normalized spacial score (nSPS) is 11.8. The van der Waals surface area contributed by atoms with Gasteiger partial charge in [0, 0.05) is 11.1 Å². The molecular weight excluding hydrogens is 332 g/mol. The van der Waals surface area contributed by atoms with Crippen molar-refractivity contribution in [2.75, 3.05) is 14.2 Å². The van der Waals surface area contributed by atoms with Crippen molar-refractivity contribution in [2.24, 2.45) is 5.73 Å². The number of benzene rings is 2. The van der Waals surface area contributed by atoms with E-state index in [0.29, 0.717) is 28.2 Å². The zero-order chi connectivity index (χ0) is 19.1. The Bertz CT molecular complexity index is 816. The monoisotopic (exact) mass is 354 g/mol. The van der Waals surface area contributed by atoms with Crippen LogP contribution >= 0.6 is 0 Å². The van der Waals surface area contributed by atoms with E-state index in [1.165, 1.54) is 14.2 Å². The minimum absolute atomic E-state index is 0.331. The fraction of sp³-hybridized carbons (Fsp3) is 0.200. The Morgan fingerprint density at radius 1 is 1.12 bits per heavy atom. The second kappa shape index (κ2) is 8.71. The van der Waals surface area contributed by atoms with Gasteiger partial charge >= 0.3 is 0 Å². The predicted molar refractivity (Wildman–Crippen MR) is 100 cm³/mol. The number of carbonyl (C=O) groups is 2. The summed E-state index contributed by atoms with van der Waals surface area (Å²) >= 11 is 0. The second-order valence-corrected chi connectivity index (χ2v) is 5.52. The maximum Gasteiger partial charge on any atom is 0.252 e. The molecule has 0 spiro atoms. The molecule has 0 aliphatic rings. The van der Waals surface area contributed by atoms with Gasteiger partial charge in [-0.2, -0.15) is 0 Å². The van der Waals surface area contributed by atoms with Gasteiger partial charge in [0.2, 0.25) is 5.91 Å². The number of rotatable bonds is 7. The number of hydrogen-bond acceptors (Lipinski definition) is 4. The fourth-order valence-corrected chi connectivity index (χ4v) is 2.61. The van der Waals surface area contributed by atoms with Crippen molar-refractivity contribution in [3.05, 3.63) is 65.2 Å². The molecule has 6 nitrogen and oxygen atoms in total. The van der Waals surface area contributed by atoms with Gasteiger partial charge < -0.3 is 20.5 Å². The van der Waals surface area contributed by atoms with Crippen LogP contribution in [0, 0.1) is 0 Å². The van der Waals surface area contributed by atoms with Crippen LogP contribution in [-0.2, 0) is 4.79 Å². The molecule has 2 aromatic carbocycles. The van der Waals surface area contributed by atoms with Gasteiger partial charge in [0.05, 0.1) is 14.2 Å². The van der Waals surface area contributed by atoms with E-state index < -0.39 is 17.9 Å². The van der Waals surface area contributed by atoms with E-state index in [1.807, 2.05) is 19.1 Å². The van der Waals surface area contributed by atoms with Crippen LogP contribution in [0.25, 0.3) is 6.08 Å². The third kappa shape index (κ3) is 4.22. The van der Waals surface area contributed by atoms with Crippen LogP contribution in [0.2, 0.25) is 0 Å². The van der Waals surface area contributed by atoms with Crippen LogP contribution in [-0.4, -0.2) is 26.0 Å². The van der Waals surface area contributed by atoms with Crippen LogP contribution < -0.4 is 20.5 Å². The van der Waals surface area contributed by atoms with Crippen LogP contribution in [0.5, 0.6) is 11.5 Å². The Kier molecular flexibility index (Phi) is 6.38. The Morgan fingerprint density at radius 2 is 1.81 bits per heavy atom. The summed E-state index contributed by atoms with van der Waals surface area (Å²) in [5.74, 6) is -0.136. The van der Waals surface area contributed by atoms with Gasteiger partial charge in [-0.25, -0.2) is 0 Å². The average molecular weight is 354 g/mol. The molecule has 26 heavy (non-hydrogen) atoms. The lowest BCUT2D eigenvalue weighted by molar-refractivity contribution is -0.120. The molecule has 0 aliphatic carbocycles. The maximum atomic E-state index is 12.7. The number of nitrogens with one attached hydrogen (secondary N) is 1. The van der Waals surface area contributed by atoms with Crippen molar-refractivity contribution >= 4 is 17.9 Å². The van der Waals surface area contributed by atoms with Crippen LogP contribution in [0.4, 0.5) is 0 Å². The van der Waals surface area contributed by atoms with Gasteiger partial charge in [-0.3, -0.25) is 9.59 Å². The van der Waals surface area contributed by atoms with E-state index in [0.717, 1.165) is 0 Å². The standard InChI is InChI=1S/C20H22N2O4/c1-4-8-14-11-15(12-16(25-2)18(14)26-3)20(24)22-17(19(21)23)13-9-6-5-7-10-13/h4-12,17H,1-3H3,(H2,21,23)(H,22,24)/b8-4+/t17-/m0/s1. The molecule has 0 bridgehead atoms. The van der Waals surface area contributed by atoms with E-state index in [1.54, 1.807) is 42.5 Å². The summed E-state index contributed by atoms with van der Waals surface area (Å²) in [7, 11) is 3.03. The first-order valence-electron chi connectivity index (χ1n) is 8.05. The van der Waals surface area contributed by atoms with Crippen molar-refractivity contribution in [3.8, 4) is 11.5 Å². The van der Waals surface area contributed by atoms with Gasteiger partial charge in [0.25, 0.3) is 5.91 Å². The molecule has 2 amide bonds. The highest BCUT2D eigenvalue weighted by atomic mass is 16.5. The summed E-state index contributed by atoms with van der Waals surface area (Å²) in [4.78, 5) is 24.5. The number of ether oxygens (including phenoxy) is 2. The topological polar surface area (TPSA) is 90.7 Å². The molecule has 1 atom stereocenters. The Morgan fingerprint density at radius 3 is 2.35 bits per heavy atom. The lowest BCUT2D eigenvalue weighted by Crippen LogP contribution is -2.37. The fourth-order valence-electron chi connectivity index (χ4n) is 2.61.